The third-order valence-corrected chi connectivity index (χ3v) is 13.7. The Kier molecular flexibility index (Phi) is 14.2. The summed E-state index contributed by atoms with van der Waals surface area (Å²) in [5.74, 6) is 0.482. The Bertz CT molecular complexity index is 3100. The molecule has 0 spiro atoms. The molecule has 0 saturated heterocycles. The van der Waals surface area contributed by atoms with Crippen molar-refractivity contribution in [2.75, 3.05) is 9.80 Å². The zero-order valence-corrected chi connectivity index (χ0v) is 42.0. The van der Waals surface area contributed by atoms with Gasteiger partial charge in [-0.3, -0.25) is 0 Å². The van der Waals surface area contributed by atoms with Gasteiger partial charge in [-0.25, -0.2) is 0 Å². The molecule has 0 bridgehead atoms. The molecule has 0 heterocycles. The fraction of sp³-hybridized carbons (Fsp3) is 0.212. The molecule has 342 valence electrons. The molecular formula is C66H68N2. The Balaban J connectivity index is 0.00000152. The van der Waals surface area contributed by atoms with Crippen LogP contribution in [0.5, 0.6) is 0 Å². The van der Waals surface area contributed by atoms with E-state index in [0.29, 0.717) is 5.92 Å². The van der Waals surface area contributed by atoms with E-state index in [1.165, 1.54) is 107 Å². The number of aryl methyl sites for hydroxylation is 2. The fourth-order valence-electron chi connectivity index (χ4n) is 10.3. The largest absolute Gasteiger partial charge is 0.310 e. The minimum Gasteiger partial charge on any atom is -0.310 e. The van der Waals surface area contributed by atoms with Gasteiger partial charge in [-0.1, -0.05) is 176 Å². The molecule has 1 saturated carbocycles. The third-order valence-electron chi connectivity index (χ3n) is 13.7. The van der Waals surface area contributed by atoms with E-state index in [1.807, 2.05) is 33.8 Å². The monoisotopic (exact) mass is 889 g/mol. The molecule has 8 aromatic rings. The van der Waals surface area contributed by atoms with Crippen molar-refractivity contribution in [3.05, 3.63) is 234 Å². The molecule has 2 aliphatic rings. The zero-order chi connectivity index (χ0) is 48.1. The van der Waals surface area contributed by atoms with Crippen LogP contribution in [0, 0.1) is 13.8 Å². The standard InChI is InChI=1S/C62H56N2.2C2H6/c1-8-21-49(41(3)9-2)53-30-20-31-58(60(53)44-32-33-44)64(47-34-36-51(43(5)38-47)50-27-17-16-22-42(50)4)48-35-37-55-56(39-48)62(6,7)57-40-59(52-28-18-19-29-54(52)61(55)57)63(45-23-12-10-13-24-45)46-25-14-11-15-26-46;2*1-2/h8-31,34-40,44H,2,32-33H2,1,3-7H3;2*1-2H3/b21-8-,49-41+;;. The number of fused-ring (bicyclic) bond motifs is 5. The maximum atomic E-state index is 4.20. The van der Waals surface area contributed by atoms with E-state index in [-0.39, 0.29) is 5.41 Å². The molecule has 1 fully saturated rings. The molecule has 8 aromatic carbocycles. The van der Waals surface area contributed by atoms with Crippen LogP contribution >= 0.6 is 0 Å². The number of para-hydroxylation sites is 2. The third kappa shape index (κ3) is 8.65. The lowest BCUT2D eigenvalue weighted by atomic mass is 9.81. The van der Waals surface area contributed by atoms with Gasteiger partial charge in [0.1, 0.15) is 0 Å². The minimum atomic E-state index is -0.293. The van der Waals surface area contributed by atoms with E-state index in [2.05, 4.69) is 240 Å². The molecular weight excluding hydrogens is 821 g/mol. The summed E-state index contributed by atoms with van der Waals surface area (Å²) in [6.07, 6.45) is 8.79. The molecule has 0 aromatic heterocycles. The van der Waals surface area contributed by atoms with Crippen LogP contribution in [0.4, 0.5) is 34.1 Å². The van der Waals surface area contributed by atoms with Gasteiger partial charge < -0.3 is 9.80 Å². The van der Waals surface area contributed by atoms with Gasteiger partial charge in [0.15, 0.2) is 0 Å². The average molecular weight is 889 g/mol. The van der Waals surface area contributed by atoms with Crippen LogP contribution in [0.15, 0.2) is 200 Å². The summed E-state index contributed by atoms with van der Waals surface area (Å²) < 4.78 is 0. The molecule has 2 heteroatoms. The maximum Gasteiger partial charge on any atom is 0.0543 e. The second-order valence-electron chi connectivity index (χ2n) is 18.2. The Morgan fingerprint density at radius 3 is 1.71 bits per heavy atom. The molecule has 0 N–H and O–H groups in total. The fourth-order valence-corrected chi connectivity index (χ4v) is 10.3. The first-order chi connectivity index (χ1) is 33.2. The summed E-state index contributed by atoms with van der Waals surface area (Å²) in [5, 5.41) is 2.51. The van der Waals surface area contributed by atoms with E-state index < -0.39 is 0 Å². The Hall–Kier alpha value is -7.16. The molecule has 2 aliphatic carbocycles. The average Bonchev–Trinajstić information content (AvgIpc) is 4.20. The van der Waals surface area contributed by atoms with Gasteiger partial charge in [0, 0.05) is 33.6 Å². The highest BCUT2D eigenvalue weighted by molar-refractivity contribution is 6.10. The lowest BCUT2D eigenvalue weighted by Crippen LogP contribution is -2.18. The SMILES string of the molecule is C=C/C(C)=C(\C=C/C)c1cccc(N(c2ccc(-c3ccccc3C)c(C)c2)c2ccc3c(c2)C(C)(C)c2cc(N(c4ccccc4)c4ccccc4)c4ccccc4c2-3)c1C1CC1.CC.CC. The molecule has 0 aliphatic heterocycles. The summed E-state index contributed by atoms with van der Waals surface area (Å²) in [6.45, 7) is 25.8. The number of nitrogens with zero attached hydrogens (tertiary/aromatic N) is 2. The van der Waals surface area contributed by atoms with E-state index in [1.54, 1.807) is 0 Å². The van der Waals surface area contributed by atoms with Gasteiger partial charge in [-0.2, -0.15) is 0 Å². The lowest BCUT2D eigenvalue weighted by Gasteiger charge is -2.31. The molecule has 0 amide bonds. The Morgan fingerprint density at radius 2 is 1.10 bits per heavy atom. The first-order valence-electron chi connectivity index (χ1n) is 24.9. The molecule has 10 rings (SSSR count). The number of rotatable bonds is 11. The lowest BCUT2D eigenvalue weighted by molar-refractivity contribution is 0.661. The van der Waals surface area contributed by atoms with Crippen molar-refractivity contribution in [1.82, 2.24) is 0 Å². The number of benzene rings is 8. The van der Waals surface area contributed by atoms with E-state index in [4.69, 9.17) is 0 Å². The number of anilines is 6. The Morgan fingerprint density at radius 1 is 0.544 bits per heavy atom. The Labute approximate surface area is 407 Å². The summed E-state index contributed by atoms with van der Waals surface area (Å²) in [5.41, 5.74) is 22.3. The van der Waals surface area contributed by atoms with Crippen LogP contribution in [0.25, 0.3) is 38.6 Å². The second-order valence-corrected chi connectivity index (χ2v) is 18.2. The van der Waals surface area contributed by atoms with Crippen molar-refractivity contribution in [3.8, 4) is 22.3 Å². The molecule has 68 heavy (non-hydrogen) atoms. The number of allylic oxidation sites excluding steroid dienone is 5. The first kappa shape index (κ1) is 47.3. The van der Waals surface area contributed by atoms with Crippen molar-refractivity contribution in [2.24, 2.45) is 0 Å². The molecule has 0 atom stereocenters. The first-order valence-corrected chi connectivity index (χ1v) is 24.9. The smallest absolute Gasteiger partial charge is 0.0543 e. The van der Waals surface area contributed by atoms with Crippen LogP contribution < -0.4 is 9.80 Å². The quantitative estimate of drug-likeness (QED) is 0.119. The predicted octanol–water partition coefficient (Wildman–Crippen LogP) is 19.8. The van der Waals surface area contributed by atoms with Gasteiger partial charge in [0.05, 0.1) is 11.4 Å². The van der Waals surface area contributed by atoms with Crippen LogP contribution in [0.2, 0.25) is 0 Å². The number of hydrogen-bond donors (Lipinski definition) is 0. The van der Waals surface area contributed by atoms with Gasteiger partial charge in [0.2, 0.25) is 0 Å². The van der Waals surface area contributed by atoms with Crippen LogP contribution in [-0.4, -0.2) is 0 Å². The molecule has 2 nitrogen and oxygen atoms in total. The predicted molar refractivity (Wildman–Crippen MR) is 298 cm³/mol. The van der Waals surface area contributed by atoms with Gasteiger partial charge in [0.25, 0.3) is 0 Å². The minimum absolute atomic E-state index is 0.293. The highest BCUT2D eigenvalue weighted by Crippen LogP contribution is 2.57. The highest BCUT2D eigenvalue weighted by Gasteiger charge is 2.39. The van der Waals surface area contributed by atoms with Crippen LogP contribution in [0.3, 0.4) is 0 Å². The van der Waals surface area contributed by atoms with E-state index in [9.17, 15) is 0 Å². The summed E-state index contributed by atoms with van der Waals surface area (Å²) >= 11 is 0. The van der Waals surface area contributed by atoms with Gasteiger partial charge in [-0.05, 0) is 179 Å². The topological polar surface area (TPSA) is 6.48 Å². The highest BCUT2D eigenvalue weighted by atomic mass is 15.2. The summed E-state index contributed by atoms with van der Waals surface area (Å²) in [4.78, 5) is 4.98. The molecule has 0 unspecified atom stereocenters. The normalized spacial score (nSPS) is 13.6. The van der Waals surface area contributed by atoms with Crippen molar-refractivity contribution >= 4 is 50.5 Å². The molecule has 0 radical (unpaired) electrons. The van der Waals surface area contributed by atoms with Crippen LogP contribution in [0.1, 0.15) is 108 Å². The van der Waals surface area contributed by atoms with Crippen molar-refractivity contribution in [3.63, 3.8) is 0 Å². The zero-order valence-electron chi connectivity index (χ0n) is 42.0. The van der Waals surface area contributed by atoms with Crippen molar-refractivity contribution in [1.29, 1.82) is 0 Å². The van der Waals surface area contributed by atoms with Gasteiger partial charge >= 0.3 is 0 Å². The summed E-state index contributed by atoms with van der Waals surface area (Å²) in [6, 6.07) is 63.1. The van der Waals surface area contributed by atoms with Gasteiger partial charge in [-0.15, -0.1) is 0 Å². The summed E-state index contributed by atoms with van der Waals surface area (Å²) in [7, 11) is 0. The van der Waals surface area contributed by atoms with Crippen molar-refractivity contribution < 1.29 is 0 Å². The van der Waals surface area contributed by atoms with Crippen LogP contribution in [-0.2, 0) is 5.41 Å². The second kappa shape index (κ2) is 20.4. The number of hydrogen-bond acceptors (Lipinski definition) is 2. The van der Waals surface area contributed by atoms with E-state index >= 15 is 0 Å². The van der Waals surface area contributed by atoms with Crippen molar-refractivity contribution in [2.45, 2.75) is 93.4 Å². The maximum absolute atomic E-state index is 4.20. The van der Waals surface area contributed by atoms with E-state index in [0.717, 1.165) is 17.1 Å².